The van der Waals surface area contributed by atoms with Crippen molar-refractivity contribution in [2.45, 2.75) is 59.0 Å². The molecule has 1 aromatic heterocycles. The van der Waals surface area contributed by atoms with Crippen molar-refractivity contribution in [3.05, 3.63) is 40.3 Å². The van der Waals surface area contributed by atoms with E-state index in [-0.39, 0.29) is 22.9 Å². The second-order valence-corrected chi connectivity index (χ2v) is 8.82. The molecule has 28 heavy (non-hydrogen) atoms. The molecule has 2 aromatic rings. The molecule has 1 fully saturated rings. The summed E-state index contributed by atoms with van der Waals surface area (Å²) >= 11 is 0. The molecule has 1 aliphatic heterocycles. The normalized spacial score (nSPS) is 15.9. The Morgan fingerprint density at radius 3 is 2.43 bits per heavy atom. The first kappa shape index (κ1) is 20.5. The van der Waals surface area contributed by atoms with Gasteiger partial charge in [-0.2, -0.15) is 5.10 Å². The molecule has 1 amide bonds. The molecular weight excluding hydrogens is 352 g/mol. The Kier molecular flexibility index (Phi) is 6.18. The largest absolute Gasteiger partial charge is 0.349 e. The SMILES string of the molecule is CC(C)Cn1nc(C(=O)NCC(C)(C)N2CCCCC2)c2ccccc2c1=O. The Hall–Kier alpha value is -2.21. The molecule has 6 nitrogen and oxygen atoms in total. The second kappa shape index (κ2) is 8.43. The van der Waals surface area contributed by atoms with Gasteiger partial charge in [-0.3, -0.25) is 14.5 Å². The number of nitrogens with one attached hydrogen (secondary N) is 1. The molecule has 2 heterocycles. The van der Waals surface area contributed by atoms with Crippen LogP contribution in [-0.4, -0.2) is 45.8 Å². The number of amides is 1. The van der Waals surface area contributed by atoms with Crippen molar-refractivity contribution >= 4 is 16.7 Å². The van der Waals surface area contributed by atoms with Crippen LogP contribution in [0.2, 0.25) is 0 Å². The molecule has 6 heteroatoms. The van der Waals surface area contributed by atoms with Crippen molar-refractivity contribution in [3.8, 4) is 0 Å². The topological polar surface area (TPSA) is 67.2 Å². The predicted molar refractivity (Wildman–Crippen MR) is 113 cm³/mol. The van der Waals surface area contributed by atoms with Gasteiger partial charge in [0, 0.05) is 24.0 Å². The van der Waals surface area contributed by atoms with E-state index in [1.807, 2.05) is 26.0 Å². The van der Waals surface area contributed by atoms with Gasteiger partial charge in [0.1, 0.15) is 0 Å². The maximum Gasteiger partial charge on any atom is 0.274 e. The minimum absolute atomic E-state index is 0.113. The zero-order valence-electron chi connectivity index (χ0n) is 17.5. The van der Waals surface area contributed by atoms with Gasteiger partial charge in [0.15, 0.2) is 5.69 Å². The number of nitrogens with zero attached hydrogens (tertiary/aromatic N) is 3. The number of piperidine rings is 1. The predicted octanol–water partition coefficient (Wildman–Crippen LogP) is 3.05. The molecule has 152 valence electrons. The van der Waals surface area contributed by atoms with E-state index in [9.17, 15) is 9.59 Å². The smallest absolute Gasteiger partial charge is 0.274 e. The van der Waals surface area contributed by atoms with E-state index in [1.54, 1.807) is 12.1 Å². The number of aromatic nitrogens is 2. The molecule has 1 aromatic carbocycles. The van der Waals surface area contributed by atoms with Crippen LogP contribution in [0, 0.1) is 5.92 Å². The van der Waals surface area contributed by atoms with Gasteiger partial charge in [-0.25, -0.2) is 4.68 Å². The molecule has 0 saturated carbocycles. The van der Waals surface area contributed by atoms with Gasteiger partial charge < -0.3 is 5.32 Å². The number of hydrogen-bond donors (Lipinski definition) is 1. The average Bonchev–Trinajstić information content (AvgIpc) is 2.69. The fraction of sp³-hybridized carbons (Fsp3) is 0.591. The zero-order chi connectivity index (χ0) is 20.3. The third kappa shape index (κ3) is 4.43. The monoisotopic (exact) mass is 384 g/mol. The first-order valence-electron chi connectivity index (χ1n) is 10.3. The van der Waals surface area contributed by atoms with Gasteiger partial charge >= 0.3 is 0 Å². The van der Waals surface area contributed by atoms with Crippen molar-refractivity contribution in [1.82, 2.24) is 20.0 Å². The molecular formula is C22H32N4O2. The van der Waals surface area contributed by atoms with Gasteiger partial charge in [-0.15, -0.1) is 0 Å². The lowest BCUT2D eigenvalue weighted by molar-refractivity contribution is 0.0794. The Labute approximate surface area is 166 Å². The van der Waals surface area contributed by atoms with Gasteiger partial charge in [0.2, 0.25) is 0 Å². The van der Waals surface area contributed by atoms with E-state index in [4.69, 9.17) is 0 Å². The number of carbonyl (C=O) groups is 1. The first-order valence-corrected chi connectivity index (χ1v) is 10.3. The lowest BCUT2D eigenvalue weighted by Gasteiger charge is -2.41. The van der Waals surface area contributed by atoms with Crippen LogP contribution in [0.25, 0.3) is 10.8 Å². The van der Waals surface area contributed by atoms with Crippen molar-refractivity contribution < 1.29 is 4.79 Å². The van der Waals surface area contributed by atoms with Crippen molar-refractivity contribution in [1.29, 1.82) is 0 Å². The maximum atomic E-state index is 13.0. The minimum atomic E-state index is -0.223. The summed E-state index contributed by atoms with van der Waals surface area (Å²) < 4.78 is 1.43. The lowest BCUT2D eigenvalue weighted by atomic mass is 9.98. The summed E-state index contributed by atoms with van der Waals surface area (Å²) in [5, 5.41) is 8.65. The van der Waals surface area contributed by atoms with E-state index < -0.39 is 0 Å². The van der Waals surface area contributed by atoms with Crippen LogP contribution in [0.5, 0.6) is 0 Å². The van der Waals surface area contributed by atoms with E-state index in [0.29, 0.717) is 29.6 Å². The Balaban J connectivity index is 1.86. The summed E-state index contributed by atoms with van der Waals surface area (Å²) in [4.78, 5) is 28.2. The molecule has 1 N–H and O–H groups in total. The van der Waals surface area contributed by atoms with Gasteiger partial charge in [0.05, 0.1) is 5.39 Å². The van der Waals surface area contributed by atoms with Crippen LogP contribution in [0.15, 0.2) is 29.1 Å². The average molecular weight is 385 g/mol. The summed E-state index contributed by atoms with van der Waals surface area (Å²) in [6, 6.07) is 7.23. The summed E-state index contributed by atoms with van der Waals surface area (Å²) in [7, 11) is 0. The second-order valence-electron chi connectivity index (χ2n) is 8.82. The molecule has 3 rings (SSSR count). The minimum Gasteiger partial charge on any atom is -0.349 e. The number of likely N-dealkylation sites (tertiary alicyclic amines) is 1. The molecule has 1 aliphatic rings. The van der Waals surface area contributed by atoms with E-state index in [0.717, 1.165) is 13.1 Å². The summed E-state index contributed by atoms with van der Waals surface area (Å²) in [5.41, 5.74) is 0.0675. The maximum absolute atomic E-state index is 13.0. The third-order valence-corrected chi connectivity index (χ3v) is 5.51. The quantitative estimate of drug-likeness (QED) is 0.831. The summed E-state index contributed by atoms with van der Waals surface area (Å²) in [5.74, 6) is 0.0408. The highest BCUT2D eigenvalue weighted by molar-refractivity contribution is 6.04. The Morgan fingerprint density at radius 1 is 1.14 bits per heavy atom. The molecule has 0 bridgehead atoms. The summed E-state index contributed by atoms with van der Waals surface area (Å²) in [6.45, 7) is 11.6. The van der Waals surface area contributed by atoms with Crippen LogP contribution < -0.4 is 10.9 Å². The standard InChI is InChI=1S/C22H32N4O2/c1-16(2)14-26-21(28)18-11-7-6-10-17(18)19(24-26)20(27)23-15-22(3,4)25-12-8-5-9-13-25/h6-7,10-11,16H,5,8-9,12-15H2,1-4H3,(H,23,27). The molecule has 0 spiro atoms. The molecule has 0 aliphatic carbocycles. The number of hydrogen-bond acceptors (Lipinski definition) is 4. The van der Waals surface area contributed by atoms with Gasteiger partial charge in [-0.05, 0) is 51.8 Å². The van der Waals surface area contributed by atoms with Crippen LogP contribution in [0.4, 0.5) is 0 Å². The van der Waals surface area contributed by atoms with Crippen LogP contribution >= 0.6 is 0 Å². The van der Waals surface area contributed by atoms with Gasteiger partial charge in [0.25, 0.3) is 11.5 Å². The number of carbonyl (C=O) groups excluding carboxylic acids is 1. The Bertz CT molecular complexity index is 895. The fourth-order valence-corrected chi connectivity index (χ4v) is 3.86. The van der Waals surface area contributed by atoms with Crippen LogP contribution in [-0.2, 0) is 6.54 Å². The van der Waals surface area contributed by atoms with Crippen molar-refractivity contribution in [2.75, 3.05) is 19.6 Å². The third-order valence-electron chi connectivity index (χ3n) is 5.51. The Morgan fingerprint density at radius 2 is 1.79 bits per heavy atom. The molecule has 0 atom stereocenters. The van der Waals surface area contributed by atoms with Crippen molar-refractivity contribution in [3.63, 3.8) is 0 Å². The number of fused-ring (bicyclic) bond motifs is 1. The van der Waals surface area contributed by atoms with E-state index >= 15 is 0 Å². The molecule has 0 radical (unpaired) electrons. The van der Waals surface area contributed by atoms with E-state index in [2.05, 4.69) is 29.2 Å². The molecule has 0 unspecified atom stereocenters. The van der Waals surface area contributed by atoms with Crippen molar-refractivity contribution in [2.24, 2.45) is 5.92 Å². The van der Waals surface area contributed by atoms with Crippen LogP contribution in [0.3, 0.4) is 0 Å². The number of benzene rings is 1. The van der Waals surface area contributed by atoms with Crippen LogP contribution in [0.1, 0.15) is 57.4 Å². The summed E-state index contributed by atoms with van der Waals surface area (Å²) in [6.07, 6.45) is 3.71. The number of rotatable bonds is 6. The highest BCUT2D eigenvalue weighted by Gasteiger charge is 2.29. The highest BCUT2D eigenvalue weighted by Crippen LogP contribution is 2.20. The highest BCUT2D eigenvalue weighted by atomic mass is 16.2. The fourth-order valence-electron chi connectivity index (χ4n) is 3.86. The van der Waals surface area contributed by atoms with E-state index in [1.165, 1.54) is 23.9 Å². The first-order chi connectivity index (χ1) is 13.3. The lowest BCUT2D eigenvalue weighted by Crippen LogP contribution is -2.53. The zero-order valence-corrected chi connectivity index (χ0v) is 17.5. The molecule has 1 saturated heterocycles. The van der Waals surface area contributed by atoms with Gasteiger partial charge in [-0.1, -0.05) is 38.5 Å².